The van der Waals surface area contributed by atoms with Gasteiger partial charge in [-0.25, -0.2) is 0 Å². The van der Waals surface area contributed by atoms with Crippen molar-refractivity contribution in [2.24, 2.45) is 0 Å². The number of rotatable bonds is 13. The van der Waals surface area contributed by atoms with Crippen LogP contribution in [0.2, 0.25) is 0 Å². The Kier molecular flexibility index (Phi) is 18.9. The van der Waals surface area contributed by atoms with Gasteiger partial charge >= 0.3 is 5.97 Å². The normalized spacial score (nSPS) is 12.5. The summed E-state index contributed by atoms with van der Waals surface area (Å²) in [6.07, 6.45) is 2.32. The number of hydrogen-bond donors (Lipinski definition) is 1. The predicted octanol–water partition coefficient (Wildman–Crippen LogP) is 3.40. The second kappa shape index (κ2) is 21.9. The molecule has 0 saturated carbocycles. The highest BCUT2D eigenvalue weighted by Crippen LogP contribution is 2.19. The number of ketones is 1. The first kappa shape index (κ1) is 36.3. The topological polar surface area (TPSA) is 108 Å². The van der Waals surface area contributed by atoms with E-state index in [1.165, 1.54) is 16.9 Å². The van der Waals surface area contributed by atoms with Crippen LogP contribution in [-0.2, 0) is 30.4 Å². The molecule has 2 amide bonds. The number of carbonyl (C=O) groups excluding carboxylic acids is 4. The largest absolute Gasteiger partial charge is 0.456 e. The molecule has 3 rings (SSSR count). The zero-order valence-electron chi connectivity index (χ0n) is 25.8. The molecule has 0 radical (unpaired) electrons. The smallest absolute Gasteiger partial charge is 0.326 e. The van der Waals surface area contributed by atoms with Gasteiger partial charge < -0.3 is 24.6 Å². The minimum atomic E-state index is -0.666. The van der Waals surface area contributed by atoms with Gasteiger partial charge in [-0.1, -0.05) is 57.5 Å². The van der Waals surface area contributed by atoms with Crippen molar-refractivity contribution in [2.75, 3.05) is 71.5 Å². The molecule has 1 N–H and O–H groups in total. The summed E-state index contributed by atoms with van der Waals surface area (Å²) in [5.41, 5.74) is 2.83. The Hall–Kier alpha value is -3.76. The lowest BCUT2D eigenvalue weighted by Crippen LogP contribution is -2.45. The van der Waals surface area contributed by atoms with Crippen molar-refractivity contribution in [3.63, 3.8) is 0 Å². The summed E-state index contributed by atoms with van der Waals surface area (Å²) in [4.78, 5) is 53.2. The van der Waals surface area contributed by atoms with Crippen LogP contribution in [-0.4, -0.2) is 101 Å². The van der Waals surface area contributed by atoms with Gasteiger partial charge in [0, 0.05) is 64.7 Å². The molecule has 42 heavy (non-hydrogen) atoms. The molecule has 0 aliphatic carbocycles. The molecule has 1 aliphatic rings. The van der Waals surface area contributed by atoms with Gasteiger partial charge in [-0.05, 0) is 36.2 Å². The van der Waals surface area contributed by atoms with E-state index in [-0.39, 0.29) is 24.8 Å². The average molecular weight is 585 g/mol. The van der Waals surface area contributed by atoms with Crippen LogP contribution in [0.25, 0.3) is 0 Å². The molecule has 0 aromatic heterocycles. The Balaban J connectivity index is 0.00000135. The van der Waals surface area contributed by atoms with Gasteiger partial charge in [-0.3, -0.25) is 24.1 Å². The van der Waals surface area contributed by atoms with Gasteiger partial charge in [0.2, 0.25) is 12.3 Å². The third kappa shape index (κ3) is 14.2. The quantitative estimate of drug-likeness (QED) is 0.217. The summed E-state index contributed by atoms with van der Waals surface area (Å²) in [7, 11) is 3.25. The number of Topliss-reactive ketones (excluding diaryl/α,β-unsaturated/α-hetero) is 1. The molecule has 2 aromatic rings. The van der Waals surface area contributed by atoms with Gasteiger partial charge in [-0.15, -0.1) is 0 Å². The van der Waals surface area contributed by atoms with E-state index in [0.717, 1.165) is 38.4 Å². The first-order valence-corrected chi connectivity index (χ1v) is 14.5. The van der Waals surface area contributed by atoms with E-state index in [9.17, 15) is 19.2 Å². The number of esters is 1. The molecule has 232 valence electrons. The van der Waals surface area contributed by atoms with Gasteiger partial charge in [0.05, 0.1) is 6.54 Å². The second-order valence-corrected chi connectivity index (χ2v) is 9.81. The lowest BCUT2D eigenvalue weighted by molar-refractivity contribution is -0.148. The van der Waals surface area contributed by atoms with E-state index in [2.05, 4.69) is 58.0 Å². The fourth-order valence-corrected chi connectivity index (χ4v) is 4.10. The molecular formula is C32H48N4O6. The maximum absolute atomic E-state index is 12.5. The summed E-state index contributed by atoms with van der Waals surface area (Å²) >= 11 is 0. The van der Waals surface area contributed by atoms with E-state index in [4.69, 9.17) is 4.74 Å². The summed E-state index contributed by atoms with van der Waals surface area (Å²) in [6, 6.07) is 17.8. The van der Waals surface area contributed by atoms with Gasteiger partial charge in [0.1, 0.15) is 6.54 Å². The minimum Gasteiger partial charge on any atom is -0.456 e. The summed E-state index contributed by atoms with van der Waals surface area (Å²) in [5, 5.41) is 2.29. The predicted molar refractivity (Wildman–Crippen MR) is 165 cm³/mol. The monoisotopic (exact) mass is 584 g/mol. The maximum atomic E-state index is 12.5. The Morgan fingerprint density at radius 3 is 2.07 bits per heavy atom. The molecule has 10 nitrogen and oxygen atoms in total. The van der Waals surface area contributed by atoms with Crippen LogP contribution in [0.15, 0.2) is 54.6 Å². The average Bonchev–Trinajstić information content (AvgIpc) is 3.00. The van der Waals surface area contributed by atoms with Crippen molar-refractivity contribution in [1.82, 2.24) is 15.1 Å². The Labute approximate surface area is 250 Å². The lowest BCUT2D eigenvalue weighted by Gasteiger charge is -2.36. The molecule has 1 heterocycles. The highest BCUT2D eigenvalue weighted by Gasteiger charge is 2.20. The number of nitrogens with zero attached hydrogens (tertiary/aromatic N) is 3. The van der Waals surface area contributed by atoms with Crippen LogP contribution in [0.5, 0.6) is 0 Å². The summed E-state index contributed by atoms with van der Waals surface area (Å²) in [6.45, 7) is 10.3. The Morgan fingerprint density at radius 2 is 1.52 bits per heavy atom. The first-order chi connectivity index (χ1) is 20.3. The molecule has 1 aliphatic heterocycles. The number of carbonyl (C=O) groups is 4. The molecule has 1 fully saturated rings. The molecular weight excluding hydrogens is 536 g/mol. The van der Waals surface area contributed by atoms with Crippen molar-refractivity contribution in [3.8, 4) is 0 Å². The van der Waals surface area contributed by atoms with Crippen LogP contribution in [0.1, 0.15) is 49.5 Å². The number of methoxy groups -OCH3 is 1. The number of amides is 2. The zero-order valence-corrected chi connectivity index (χ0v) is 25.8. The fraction of sp³-hybridized carbons (Fsp3) is 0.500. The number of benzene rings is 2. The van der Waals surface area contributed by atoms with Crippen molar-refractivity contribution in [3.05, 3.63) is 65.7 Å². The zero-order chi connectivity index (χ0) is 31.2. The molecule has 2 aromatic carbocycles. The maximum Gasteiger partial charge on any atom is 0.326 e. The highest BCUT2D eigenvalue weighted by molar-refractivity contribution is 5.98. The van der Waals surface area contributed by atoms with E-state index in [1.54, 1.807) is 26.4 Å². The second-order valence-electron chi connectivity index (χ2n) is 9.81. The molecule has 0 unspecified atom stereocenters. The third-order valence-corrected chi connectivity index (χ3v) is 6.04. The van der Waals surface area contributed by atoms with Crippen molar-refractivity contribution in [2.45, 2.75) is 40.2 Å². The van der Waals surface area contributed by atoms with E-state index >= 15 is 0 Å². The molecule has 0 spiro atoms. The van der Waals surface area contributed by atoms with Crippen LogP contribution in [0.4, 0.5) is 5.69 Å². The number of anilines is 1. The molecule has 0 bridgehead atoms. The van der Waals surface area contributed by atoms with E-state index in [0.29, 0.717) is 24.9 Å². The van der Waals surface area contributed by atoms with Crippen LogP contribution < -0.4 is 10.2 Å². The third-order valence-electron chi connectivity index (χ3n) is 6.04. The lowest BCUT2D eigenvalue weighted by atomic mass is 10.1. The van der Waals surface area contributed by atoms with Crippen molar-refractivity contribution >= 4 is 29.8 Å². The number of hydrogen-bond acceptors (Lipinski definition) is 8. The van der Waals surface area contributed by atoms with Crippen molar-refractivity contribution < 1.29 is 28.7 Å². The molecule has 0 atom stereocenters. The summed E-state index contributed by atoms with van der Waals surface area (Å²) < 4.78 is 9.36. The Morgan fingerprint density at radius 1 is 0.929 bits per heavy atom. The fourth-order valence-electron chi connectivity index (χ4n) is 4.10. The van der Waals surface area contributed by atoms with Gasteiger partial charge in [-0.2, -0.15) is 0 Å². The minimum absolute atomic E-state index is 0.190. The number of piperazine rings is 1. The first-order valence-electron chi connectivity index (χ1n) is 14.5. The van der Waals surface area contributed by atoms with Crippen LogP contribution in [0.3, 0.4) is 0 Å². The van der Waals surface area contributed by atoms with Gasteiger partial charge in [0.15, 0.2) is 12.4 Å². The number of ether oxygens (including phenoxy) is 2. The van der Waals surface area contributed by atoms with E-state index < -0.39 is 12.6 Å². The van der Waals surface area contributed by atoms with Crippen LogP contribution in [0, 0.1) is 0 Å². The molecule has 10 heteroatoms. The van der Waals surface area contributed by atoms with Gasteiger partial charge in [0.25, 0.3) is 0 Å². The molecule has 1 saturated heterocycles. The SMILES string of the molecule is CCC.CCCN(CC(=O)OCC(=O)c1ccc(N2CCN(Cc3ccccc3)CC2)cc1)C(=O)CNC=O.COC. The number of nitrogens with one attached hydrogen (secondary N) is 1. The standard InChI is InChI=1S/C27H34N4O5.C3H8.C2H6O/c1-2-12-31(26(34)17-28-21-32)19-27(35)36-20-25(33)23-8-10-24(11-9-23)30-15-13-29(14-16-30)18-22-6-4-3-5-7-22;2*1-3-2/h3-11,21H,2,12-20H2,1H3,(H,28,32);3H2,1-2H3;1-2H3. The summed E-state index contributed by atoms with van der Waals surface area (Å²) in [5.74, 6) is -1.36. The Bertz CT molecular complexity index is 1040. The van der Waals surface area contributed by atoms with Crippen molar-refractivity contribution in [1.29, 1.82) is 0 Å². The highest BCUT2D eigenvalue weighted by atomic mass is 16.5. The van der Waals surface area contributed by atoms with Crippen LogP contribution >= 0.6 is 0 Å². The van der Waals surface area contributed by atoms with E-state index in [1.807, 2.05) is 25.1 Å².